The third kappa shape index (κ3) is 5.10. The molecule has 0 aromatic heterocycles. The van der Waals surface area contributed by atoms with Crippen LogP contribution in [0.5, 0.6) is 0 Å². The average molecular weight is 422 g/mol. The second-order valence-electron chi connectivity index (χ2n) is 6.70. The molecule has 2 amide bonds. The summed E-state index contributed by atoms with van der Waals surface area (Å²) in [4.78, 5) is 27.6. The van der Waals surface area contributed by atoms with Crippen LogP contribution in [0.15, 0.2) is 48.5 Å². The first-order chi connectivity index (χ1) is 14.3. The third-order valence-electron chi connectivity index (χ3n) is 4.71. The van der Waals surface area contributed by atoms with E-state index in [0.717, 1.165) is 12.1 Å². The van der Waals surface area contributed by atoms with Crippen molar-refractivity contribution in [1.29, 1.82) is 0 Å². The molecule has 1 heterocycles. The molecule has 1 aliphatic heterocycles. The molecule has 1 aliphatic rings. The summed E-state index contributed by atoms with van der Waals surface area (Å²) >= 11 is 0. The van der Waals surface area contributed by atoms with Crippen molar-refractivity contribution in [3.8, 4) is 0 Å². The maximum Gasteiger partial charge on any atom is 0.416 e. The van der Waals surface area contributed by atoms with Gasteiger partial charge >= 0.3 is 18.2 Å². The monoisotopic (exact) mass is 422 g/mol. The number of esters is 1. The smallest absolute Gasteiger partial charge is 0.416 e. The Morgan fingerprint density at radius 1 is 1.10 bits per heavy atom. The summed E-state index contributed by atoms with van der Waals surface area (Å²) < 4.78 is 49.5. The van der Waals surface area contributed by atoms with Crippen LogP contribution in [0.1, 0.15) is 21.5 Å². The van der Waals surface area contributed by atoms with E-state index in [2.05, 4.69) is 4.74 Å². The predicted molar refractivity (Wildman–Crippen MR) is 103 cm³/mol. The minimum atomic E-state index is -4.52. The first-order valence-corrected chi connectivity index (χ1v) is 9.28. The molecule has 2 aromatic rings. The number of amides is 2. The van der Waals surface area contributed by atoms with Crippen LogP contribution in [0, 0.1) is 0 Å². The van der Waals surface area contributed by atoms with Crippen LogP contribution in [0.4, 0.5) is 23.7 Å². The molecule has 1 saturated heterocycles. The number of methoxy groups -OCH3 is 1. The lowest BCUT2D eigenvalue weighted by atomic mass is 10.1. The molecule has 0 bridgehead atoms. The van der Waals surface area contributed by atoms with Gasteiger partial charge in [-0.15, -0.1) is 0 Å². The standard InChI is InChI=1S/C21H21F3N2O4/c1-29-19(27)16-7-5-15(6-8-16)14-26(20(28)25-9-11-30-12-10-25)18-4-2-3-17(13-18)21(22,23)24/h2-8,13H,9-12,14H2,1H3. The van der Waals surface area contributed by atoms with Gasteiger partial charge in [-0.2, -0.15) is 13.2 Å². The van der Waals surface area contributed by atoms with E-state index in [-0.39, 0.29) is 12.2 Å². The van der Waals surface area contributed by atoms with E-state index in [1.165, 1.54) is 24.1 Å². The van der Waals surface area contributed by atoms with E-state index in [9.17, 15) is 22.8 Å². The molecule has 0 saturated carbocycles. The number of benzene rings is 2. The molecule has 0 atom stereocenters. The maximum atomic E-state index is 13.2. The Bertz CT molecular complexity index is 894. The van der Waals surface area contributed by atoms with Crippen molar-refractivity contribution in [3.05, 3.63) is 65.2 Å². The zero-order valence-corrected chi connectivity index (χ0v) is 16.3. The fraction of sp³-hybridized carbons (Fsp3) is 0.333. The highest BCUT2D eigenvalue weighted by Crippen LogP contribution is 2.32. The van der Waals surface area contributed by atoms with Crippen LogP contribution in [-0.2, 0) is 22.2 Å². The summed E-state index contributed by atoms with van der Waals surface area (Å²) in [5, 5.41) is 0. The van der Waals surface area contributed by atoms with Crippen molar-refractivity contribution in [3.63, 3.8) is 0 Å². The number of nitrogens with zero attached hydrogens (tertiary/aromatic N) is 2. The van der Waals surface area contributed by atoms with Gasteiger partial charge < -0.3 is 14.4 Å². The number of urea groups is 1. The molecule has 1 fully saturated rings. The zero-order valence-electron chi connectivity index (χ0n) is 16.3. The number of halogens is 3. The van der Waals surface area contributed by atoms with Gasteiger partial charge in [-0.25, -0.2) is 9.59 Å². The first kappa shape index (κ1) is 21.6. The molecule has 0 radical (unpaired) electrons. The summed E-state index contributed by atoms with van der Waals surface area (Å²) in [5.74, 6) is -0.499. The minimum absolute atomic E-state index is 0.0406. The van der Waals surface area contributed by atoms with Crippen LogP contribution >= 0.6 is 0 Å². The van der Waals surface area contributed by atoms with E-state index >= 15 is 0 Å². The van der Waals surface area contributed by atoms with Crippen LogP contribution in [0.3, 0.4) is 0 Å². The van der Waals surface area contributed by atoms with E-state index in [1.807, 2.05) is 0 Å². The molecule has 0 spiro atoms. The van der Waals surface area contributed by atoms with Gasteiger partial charge in [-0.3, -0.25) is 4.90 Å². The molecular weight excluding hydrogens is 401 g/mol. The van der Waals surface area contributed by atoms with Gasteiger partial charge in [-0.05, 0) is 35.9 Å². The molecule has 3 rings (SSSR count). The van der Waals surface area contributed by atoms with Crippen molar-refractivity contribution in [2.24, 2.45) is 0 Å². The van der Waals surface area contributed by atoms with Crippen LogP contribution in [0.2, 0.25) is 0 Å². The van der Waals surface area contributed by atoms with Crippen LogP contribution in [-0.4, -0.2) is 50.3 Å². The number of morpholine rings is 1. The molecule has 160 valence electrons. The number of hydrogen-bond donors (Lipinski definition) is 0. The Balaban J connectivity index is 1.91. The first-order valence-electron chi connectivity index (χ1n) is 9.28. The van der Waals surface area contributed by atoms with E-state index in [0.29, 0.717) is 37.4 Å². The van der Waals surface area contributed by atoms with E-state index in [4.69, 9.17) is 4.74 Å². The summed E-state index contributed by atoms with van der Waals surface area (Å²) in [6.07, 6.45) is -4.52. The van der Waals surface area contributed by atoms with Gasteiger partial charge in [0, 0.05) is 18.8 Å². The summed E-state index contributed by atoms with van der Waals surface area (Å²) in [5.41, 5.74) is 0.298. The minimum Gasteiger partial charge on any atom is -0.465 e. The zero-order chi connectivity index (χ0) is 21.7. The third-order valence-corrected chi connectivity index (χ3v) is 4.71. The van der Waals surface area contributed by atoms with E-state index < -0.39 is 23.7 Å². The number of ether oxygens (including phenoxy) is 2. The van der Waals surface area contributed by atoms with Crippen molar-refractivity contribution >= 4 is 17.7 Å². The highest BCUT2D eigenvalue weighted by atomic mass is 19.4. The molecule has 2 aromatic carbocycles. The van der Waals surface area contributed by atoms with Gasteiger partial charge in [0.05, 0.1) is 38.0 Å². The second kappa shape index (κ2) is 9.17. The topological polar surface area (TPSA) is 59.1 Å². The molecule has 6 nitrogen and oxygen atoms in total. The number of alkyl halides is 3. The van der Waals surface area contributed by atoms with Gasteiger partial charge in [0.25, 0.3) is 0 Å². The number of carbonyl (C=O) groups is 2. The maximum absolute atomic E-state index is 13.2. The molecule has 0 N–H and O–H groups in total. The number of anilines is 1. The average Bonchev–Trinajstić information content (AvgIpc) is 2.77. The normalized spacial score (nSPS) is 14.3. The van der Waals surface area contributed by atoms with Gasteiger partial charge in [0.2, 0.25) is 0 Å². The van der Waals surface area contributed by atoms with Crippen molar-refractivity contribution in [2.75, 3.05) is 38.3 Å². The number of rotatable bonds is 4. The highest BCUT2D eigenvalue weighted by Gasteiger charge is 2.32. The summed E-state index contributed by atoms with van der Waals surface area (Å²) in [6, 6.07) is 10.6. The van der Waals surface area contributed by atoms with Crippen molar-refractivity contribution in [2.45, 2.75) is 12.7 Å². The molecule has 0 aliphatic carbocycles. The van der Waals surface area contributed by atoms with Gasteiger partial charge in [-0.1, -0.05) is 18.2 Å². The Kier molecular flexibility index (Phi) is 6.61. The Hall–Kier alpha value is -3.07. The number of carbonyl (C=O) groups excluding carboxylic acids is 2. The summed E-state index contributed by atoms with van der Waals surface area (Å²) in [6.45, 7) is 1.50. The molecular formula is C21H21F3N2O4. The van der Waals surface area contributed by atoms with Gasteiger partial charge in [0.1, 0.15) is 0 Å². The predicted octanol–water partition coefficient (Wildman–Crippen LogP) is 3.95. The fourth-order valence-corrected chi connectivity index (χ4v) is 3.09. The Morgan fingerprint density at radius 3 is 2.37 bits per heavy atom. The van der Waals surface area contributed by atoms with Crippen LogP contribution in [0.25, 0.3) is 0 Å². The highest BCUT2D eigenvalue weighted by molar-refractivity contribution is 5.92. The van der Waals surface area contributed by atoms with Gasteiger partial charge in [0.15, 0.2) is 0 Å². The van der Waals surface area contributed by atoms with Crippen LogP contribution < -0.4 is 4.90 Å². The lowest BCUT2D eigenvalue weighted by Crippen LogP contribution is -2.48. The molecule has 0 unspecified atom stereocenters. The SMILES string of the molecule is COC(=O)c1ccc(CN(C(=O)N2CCOCC2)c2cccc(C(F)(F)F)c2)cc1. The van der Waals surface area contributed by atoms with Crippen molar-refractivity contribution in [1.82, 2.24) is 4.90 Å². The lowest BCUT2D eigenvalue weighted by Gasteiger charge is -2.33. The quantitative estimate of drug-likeness (QED) is 0.700. The Labute approximate surface area is 171 Å². The Morgan fingerprint density at radius 2 is 1.77 bits per heavy atom. The largest absolute Gasteiger partial charge is 0.465 e. The summed E-state index contributed by atoms with van der Waals surface area (Å²) in [7, 11) is 1.27. The fourth-order valence-electron chi connectivity index (χ4n) is 3.09. The van der Waals surface area contributed by atoms with E-state index in [1.54, 1.807) is 29.2 Å². The molecule has 9 heteroatoms. The lowest BCUT2D eigenvalue weighted by molar-refractivity contribution is -0.137. The second-order valence-corrected chi connectivity index (χ2v) is 6.70. The molecule has 30 heavy (non-hydrogen) atoms. The van der Waals surface area contributed by atoms with Crippen molar-refractivity contribution < 1.29 is 32.2 Å². The number of hydrogen-bond acceptors (Lipinski definition) is 4.